The summed E-state index contributed by atoms with van der Waals surface area (Å²) in [6.07, 6.45) is 2.62. The highest BCUT2D eigenvalue weighted by Crippen LogP contribution is 2.13. The molecule has 1 fully saturated rings. The van der Waals surface area contributed by atoms with E-state index < -0.39 is 6.04 Å². The zero-order chi connectivity index (χ0) is 12.3. The number of carbonyl (C=O) groups excluding carboxylic acids is 2. The standard InChI is InChI=1S/C11H15N3O2S/c1-7-9(17-6-13-7)11(16)14-8-4-2-3-5-12-10(8)15/h6,8H,2-5H2,1H3,(H,12,15)(H,14,16). The molecule has 92 valence electrons. The summed E-state index contributed by atoms with van der Waals surface area (Å²) >= 11 is 1.30. The predicted octanol–water partition coefficient (Wildman–Crippen LogP) is 0.850. The third-order valence-electron chi connectivity index (χ3n) is 2.79. The minimum atomic E-state index is -0.411. The van der Waals surface area contributed by atoms with Crippen LogP contribution in [0.15, 0.2) is 5.51 Å². The highest BCUT2D eigenvalue weighted by molar-refractivity contribution is 7.11. The van der Waals surface area contributed by atoms with E-state index in [0.29, 0.717) is 23.5 Å². The van der Waals surface area contributed by atoms with E-state index in [4.69, 9.17) is 0 Å². The van der Waals surface area contributed by atoms with Crippen LogP contribution in [0.4, 0.5) is 0 Å². The normalized spacial score (nSPS) is 20.5. The molecule has 1 atom stereocenters. The molecule has 6 heteroatoms. The third kappa shape index (κ3) is 2.82. The number of aromatic nitrogens is 1. The van der Waals surface area contributed by atoms with Crippen LogP contribution in [0.1, 0.15) is 34.6 Å². The molecule has 2 N–H and O–H groups in total. The van der Waals surface area contributed by atoms with Gasteiger partial charge in [-0.2, -0.15) is 0 Å². The predicted molar refractivity (Wildman–Crippen MR) is 65.0 cm³/mol. The lowest BCUT2D eigenvalue weighted by Crippen LogP contribution is -2.45. The molecule has 2 heterocycles. The van der Waals surface area contributed by atoms with Crippen LogP contribution in [0.3, 0.4) is 0 Å². The second kappa shape index (κ2) is 5.27. The summed E-state index contributed by atoms with van der Waals surface area (Å²) in [7, 11) is 0. The van der Waals surface area contributed by atoms with Gasteiger partial charge in [-0.15, -0.1) is 11.3 Å². The first-order valence-corrected chi connectivity index (χ1v) is 6.55. The van der Waals surface area contributed by atoms with Gasteiger partial charge in [-0.3, -0.25) is 9.59 Å². The van der Waals surface area contributed by atoms with Gasteiger partial charge in [-0.1, -0.05) is 0 Å². The SMILES string of the molecule is Cc1ncsc1C(=O)NC1CCCCNC1=O. The molecule has 1 unspecified atom stereocenters. The van der Waals surface area contributed by atoms with Crippen LogP contribution < -0.4 is 10.6 Å². The number of hydrogen-bond acceptors (Lipinski definition) is 4. The Hall–Kier alpha value is -1.43. The molecule has 1 aromatic rings. The lowest BCUT2D eigenvalue weighted by molar-refractivity contribution is -0.122. The second-order valence-corrected chi connectivity index (χ2v) is 4.93. The smallest absolute Gasteiger partial charge is 0.263 e. The Morgan fingerprint density at radius 3 is 3.12 bits per heavy atom. The van der Waals surface area contributed by atoms with Crippen LogP contribution in [-0.4, -0.2) is 29.4 Å². The van der Waals surface area contributed by atoms with Crippen LogP contribution in [0.25, 0.3) is 0 Å². The molecule has 0 radical (unpaired) electrons. The maximum atomic E-state index is 11.9. The van der Waals surface area contributed by atoms with Gasteiger partial charge < -0.3 is 10.6 Å². The van der Waals surface area contributed by atoms with Gasteiger partial charge in [-0.05, 0) is 26.2 Å². The quantitative estimate of drug-likeness (QED) is 0.821. The van der Waals surface area contributed by atoms with Gasteiger partial charge in [0.05, 0.1) is 11.2 Å². The van der Waals surface area contributed by atoms with Gasteiger partial charge >= 0.3 is 0 Å². The van der Waals surface area contributed by atoms with E-state index >= 15 is 0 Å². The Labute approximate surface area is 104 Å². The van der Waals surface area contributed by atoms with Crippen LogP contribution in [0, 0.1) is 6.92 Å². The largest absolute Gasteiger partial charge is 0.354 e. The highest BCUT2D eigenvalue weighted by atomic mass is 32.1. The summed E-state index contributed by atoms with van der Waals surface area (Å²) in [6, 6.07) is -0.411. The minimum absolute atomic E-state index is 0.0852. The molecule has 1 aromatic heterocycles. The summed E-state index contributed by atoms with van der Waals surface area (Å²) in [5.41, 5.74) is 2.35. The summed E-state index contributed by atoms with van der Waals surface area (Å²) < 4.78 is 0. The lowest BCUT2D eigenvalue weighted by atomic mass is 10.1. The summed E-state index contributed by atoms with van der Waals surface area (Å²) in [5, 5.41) is 5.57. The number of aryl methyl sites for hydroxylation is 1. The van der Waals surface area contributed by atoms with Crippen LogP contribution in [-0.2, 0) is 4.79 Å². The van der Waals surface area contributed by atoms with Gasteiger partial charge in [0.25, 0.3) is 5.91 Å². The van der Waals surface area contributed by atoms with Crippen molar-refractivity contribution in [2.24, 2.45) is 0 Å². The van der Waals surface area contributed by atoms with Crippen molar-refractivity contribution >= 4 is 23.2 Å². The molecule has 17 heavy (non-hydrogen) atoms. The zero-order valence-corrected chi connectivity index (χ0v) is 10.5. The maximum Gasteiger partial charge on any atom is 0.263 e. The first-order valence-electron chi connectivity index (χ1n) is 5.67. The van der Waals surface area contributed by atoms with E-state index in [0.717, 1.165) is 12.8 Å². The van der Waals surface area contributed by atoms with Gasteiger partial charge in [0, 0.05) is 6.54 Å². The van der Waals surface area contributed by atoms with E-state index in [1.807, 2.05) is 0 Å². The van der Waals surface area contributed by atoms with Crippen molar-refractivity contribution in [1.82, 2.24) is 15.6 Å². The average Bonchev–Trinajstić information content (AvgIpc) is 2.63. The van der Waals surface area contributed by atoms with E-state index in [1.54, 1.807) is 12.4 Å². The van der Waals surface area contributed by atoms with Crippen molar-refractivity contribution < 1.29 is 9.59 Å². The Morgan fingerprint density at radius 2 is 2.41 bits per heavy atom. The van der Waals surface area contributed by atoms with Gasteiger partial charge in [0.15, 0.2) is 0 Å². The van der Waals surface area contributed by atoms with Gasteiger partial charge in [0.1, 0.15) is 10.9 Å². The molecule has 0 aliphatic carbocycles. The summed E-state index contributed by atoms with van der Waals surface area (Å²) in [4.78, 5) is 28.2. The second-order valence-electron chi connectivity index (χ2n) is 4.08. The first kappa shape index (κ1) is 12.0. The van der Waals surface area contributed by atoms with Crippen LogP contribution in [0.2, 0.25) is 0 Å². The molecule has 0 bridgehead atoms. The molecule has 1 aliphatic rings. The van der Waals surface area contributed by atoms with Gasteiger partial charge in [0.2, 0.25) is 5.91 Å². The fourth-order valence-corrected chi connectivity index (χ4v) is 2.53. The van der Waals surface area contributed by atoms with Crippen molar-refractivity contribution in [1.29, 1.82) is 0 Å². The van der Waals surface area contributed by atoms with E-state index in [1.165, 1.54) is 11.3 Å². The molecular formula is C11H15N3O2S. The monoisotopic (exact) mass is 253 g/mol. The number of carbonyl (C=O) groups is 2. The van der Waals surface area contributed by atoms with Crippen molar-refractivity contribution in [3.63, 3.8) is 0 Å². The Morgan fingerprint density at radius 1 is 1.59 bits per heavy atom. The molecule has 1 saturated heterocycles. The molecule has 1 aliphatic heterocycles. The number of amides is 2. The minimum Gasteiger partial charge on any atom is -0.354 e. The van der Waals surface area contributed by atoms with Crippen LogP contribution >= 0.6 is 11.3 Å². The van der Waals surface area contributed by atoms with Crippen molar-refractivity contribution in [2.45, 2.75) is 32.2 Å². The number of nitrogens with zero attached hydrogens (tertiary/aromatic N) is 1. The average molecular weight is 253 g/mol. The van der Waals surface area contributed by atoms with Crippen LogP contribution in [0.5, 0.6) is 0 Å². The number of hydrogen-bond donors (Lipinski definition) is 2. The molecule has 0 saturated carbocycles. The van der Waals surface area contributed by atoms with E-state index in [2.05, 4.69) is 15.6 Å². The summed E-state index contributed by atoms with van der Waals surface area (Å²) in [6.45, 7) is 2.49. The van der Waals surface area contributed by atoms with E-state index in [-0.39, 0.29) is 11.8 Å². The van der Waals surface area contributed by atoms with Crippen molar-refractivity contribution in [3.05, 3.63) is 16.1 Å². The highest BCUT2D eigenvalue weighted by Gasteiger charge is 2.24. The molecule has 0 spiro atoms. The molecule has 2 amide bonds. The lowest BCUT2D eigenvalue weighted by Gasteiger charge is -2.14. The zero-order valence-electron chi connectivity index (χ0n) is 9.66. The Kier molecular flexibility index (Phi) is 3.73. The number of nitrogens with one attached hydrogen (secondary N) is 2. The van der Waals surface area contributed by atoms with Crippen molar-refractivity contribution in [2.75, 3.05) is 6.54 Å². The molecule has 0 aromatic carbocycles. The number of thiazole rings is 1. The summed E-state index contributed by atoms with van der Waals surface area (Å²) in [5.74, 6) is -0.287. The topological polar surface area (TPSA) is 71.1 Å². The van der Waals surface area contributed by atoms with Crippen molar-refractivity contribution in [3.8, 4) is 0 Å². The van der Waals surface area contributed by atoms with E-state index in [9.17, 15) is 9.59 Å². The molecular weight excluding hydrogens is 238 g/mol. The maximum absolute atomic E-state index is 11.9. The Balaban J connectivity index is 2.02. The fraction of sp³-hybridized carbons (Fsp3) is 0.545. The fourth-order valence-electron chi connectivity index (χ4n) is 1.82. The van der Waals surface area contributed by atoms with Gasteiger partial charge in [-0.25, -0.2) is 4.98 Å². The Bertz CT molecular complexity index is 430. The first-order chi connectivity index (χ1) is 8.18. The molecule has 2 rings (SSSR count). The number of rotatable bonds is 2. The third-order valence-corrected chi connectivity index (χ3v) is 3.72. The molecule has 5 nitrogen and oxygen atoms in total.